The molecule has 0 aliphatic carbocycles. The average Bonchev–Trinajstić information content (AvgIpc) is 3.26. The lowest BCUT2D eigenvalue weighted by atomic mass is 9.93. The summed E-state index contributed by atoms with van der Waals surface area (Å²) in [5.74, 6) is -0.283. The highest BCUT2D eigenvalue weighted by Gasteiger charge is 2.47. The highest BCUT2D eigenvalue weighted by atomic mass is 16.2. The fourth-order valence-corrected chi connectivity index (χ4v) is 3.49. The van der Waals surface area contributed by atoms with E-state index in [-0.39, 0.29) is 13.1 Å². The van der Waals surface area contributed by atoms with E-state index in [0.29, 0.717) is 24.3 Å². The van der Waals surface area contributed by atoms with Gasteiger partial charge in [-0.15, -0.1) is 10.2 Å². The Hall–Kier alpha value is -3.75. The second-order valence-corrected chi connectivity index (χ2v) is 7.46. The summed E-state index contributed by atoms with van der Waals surface area (Å²) in [6.45, 7) is 1.48. The number of benzene rings is 1. The molecule has 3 aromatic rings. The Labute approximate surface area is 173 Å². The van der Waals surface area contributed by atoms with Crippen molar-refractivity contribution in [3.05, 3.63) is 66.1 Å². The normalized spacial score (nSPS) is 18.6. The van der Waals surface area contributed by atoms with E-state index < -0.39 is 23.4 Å². The number of fused-ring (bicyclic) bond motifs is 1. The summed E-state index contributed by atoms with van der Waals surface area (Å²) in [5, 5.41) is 13.5. The third-order valence-electron chi connectivity index (χ3n) is 5.23. The largest absolute Gasteiger partial charge is 0.347 e. The molecule has 1 saturated heterocycles. The number of nitrogens with one attached hydrogen (secondary N) is 2. The van der Waals surface area contributed by atoms with Gasteiger partial charge < -0.3 is 10.6 Å². The molecule has 1 aliphatic rings. The average molecular weight is 406 g/mol. The molecule has 0 spiro atoms. The third-order valence-corrected chi connectivity index (χ3v) is 5.23. The minimum absolute atomic E-state index is 0.138. The zero-order valence-corrected chi connectivity index (χ0v) is 16.5. The van der Waals surface area contributed by atoms with Gasteiger partial charge in [-0.3, -0.25) is 18.9 Å². The number of aromatic nitrogens is 3. The van der Waals surface area contributed by atoms with Crippen LogP contribution in [-0.2, 0) is 22.6 Å². The molecule has 30 heavy (non-hydrogen) atoms. The van der Waals surface area contributed by atoms with E-state index in [1.165, 1.54) is 0 Å². The molecule has 1 atom stereocenters. The van der Waals surface area contributed by atoms with Crippen LogP contribution in [0.4, 0.5) is 4.79 Å². The number of hydrogen-bond donors (Lipinski definition) is 2. The lowest BCUT2D eigenvalue weighted by Crippen LogP contribution is -2.45. The van der Waals surface area contributed by atoms with Crippen LogP contribution in [0, 0.1) is 0 Å². The summed E-state index contributed by atoms with van der Waals surface area (Å²) in [5.41, 5.74) is 0.721. The molecule has 9 heteroatoms. The van der Waals surface area contributed by atoms with Crippen LogP contribution in [0.1, 0.15) is 24.7 Å². The number of hydrogen-bond acceptors (Lipinski definition) is 5. The van der Waals surface area contributed by atoms with Crippen LogP contribution in [0.25, 0.3) is 5.65 Å². The molecule has 0 bridgehead atoms. The van der Waals surface area contributed by atoms with Crippen LogP contribution in [0.15, 0.2) is 54.7 Å². The predicted molar refractivity (Wildman–Crippen MR) is 108 cm³/mol. The number of urea groups is 1. The lowest BCUT2D eigenvalue weighted by molar-refractivity contribution is -0.134. The van der Waals surface area contributed by atoms with Crippen molar-refractivity contribution in [2.75, 3.05) is 6.54 Å². The van der Waals surface area contributed by atoms with Crippen molar-refractivity contribution in [1.82, 2.24) is 30.1 Å². The first kappa shape index (κ1) is 19.6. The first-order valence-corrected chi connectivity index (χ1v) is 9.70. The summed E-state index contributed by atoms with van der Waals surface area (Å²) in [6, 6.07) is 14.7. The fraction of sp³-hybridized carbons (Fsp3) is 0.286. The van der Waals surface area contributed by atoms with E-state index in [1.807, 2.05) is 48.5 Å². The van der Waals surface area contributed by atoms with Gasteiger partial charge >= 0.3 is 6.03 Å². The molecule has 1 unspecified atom stereocenters. The molecule has 1 fully saturated rings. The Morgan fingerprint density at radius 3 is 2.67 bits per heavy atom. The van der Waals surface area contributed by atoms with Crippen LogP contribution in [0.2, 0.25) is 0 Å². The number of nitrogens with zero attached hydrogens (tertiary/aromatic N) is 4. The topological polar surface area (TPSA) is 109 Å². The first-order valence-electron chi connectivity index (χ1n) is 9.70. The smallest absolute Gasteiger partial charge is 0.325 e. The van der Waals surface area contributed by atoms with Crippen molar-refractivity contribution in [2.45, 2.75) is 31.8 Å². The predicted octanol–water partition coefficient (Wildman–Crippen LogP) is 1.29. The molecular weight excluding hydrogens is 384 g/mol. The van der Waals surface area contributed by atoms with Crippen molar-refractivity contribution in [3.8, 4) is 0 Å². The first-order chi connectivity index (χ1) is 14.5. The van der Waals surface area contributed by atoms with Gasteiger partial charge in [-0.2, -0.15) is 0 Å². The molecule has 1 aromatic carbocycles. The second kappa shape index (κ2) is 7.94. The zero-order valence-electron chi connectivity index (χ0n) is 16.5. The molecule has 4 amide bonds. The van der Waals surface area contributed by atoms with Gasteiger partial charge in [-0.05, 0) is 37.5 Å². The Bertz CT molecular complexity index is 1100. The Kier molecular flexibility index (Phi) is 5.18. The molecule has 2 aromatic heterocycles. The summed E-state index contributed by atoms with van der Waals surface area (Å²) in [7, 11) is 0. The maximum Gasteiger partial charge on any atom is 0.325 e. The number of aryl methyl sites for hydroxylation is 1. The molecule has 0 radical (unpaired) electrons. The van der Waals surface area contributed by atoms with Gasteiger partial charge in [-0.1, -0.05) is 36.4 Å². The molecule has 154 valence electrons. The molecule has 2 N–H and O–H groups in total. The van der Waals surface area contributed by atoms with E-state index in [0.717, 1.165) is 10.5 Å². The monoisotopic (exact) mass is 406 g/mol. The molecule has 0 saturated carbocycles. The van der Waals surface area contributed by atoms with Gasteiger partial charge in [0.05, 0.1) is 6.54 Å². The molecular formula is C21H22N6O3. The zero-order chi connectivity index (χ0) is 21.1. The van der Waals surface area contributed by atoms with Crippen LogP contribution < -0.4 is 10.6 Å². The van der Waals surface area contributed by atoms with Gasteiger partial charge in [0, 0.05) is 6.20 Å². The Morgan fingerprint density at radius 1 is 1.10 bits per heavy atom. The SMILES string of the molecule is CC1(CCc2ccccc2)NC(=O)N(CC(=O)NCc2nnc3ccccn23)C1=O. The number of amides is 4. The van der Waals surface area contributed by atoms with Crippen LogP contribution in [0.5, 0.6) is 0 Å². The van der Waals surface area contributed by atoms with Crippen molar-refractivity contribution >= 4 is 23.5 Å². The molecule has 3 heterocycles. The van der Waals surface area contributed by atoms with Crippen molar-refractivity contribution < 1.29 is 14.4 Å². The lowest BCUT2D eigenvalue weighted by Gasteiger charge is -2.21. The van der Waals surface area contributed by atoms with Crippen molar-refractivity contribution in [1.29, 1.82) is 0 Å². The van der Waals surface area contributed by atoms with Gasteiger partial charge in [0.1, 0.15) is 12.1 Å². The number of pyridine rings is 1. The van der Waals surface area contributed by atoms with Crippen LogP contribution in [0.3, 0.4) is 0 Å². The van der Waals surface area contributed by atoms with Crippen molar-refractivity contribution in [3.63, 3.8) is 0 Å². The molecule has 9 nitrogen and oxygen atoms in total. The summed E-state index contributed by atoms with van der Waals surface area (Å²) in [6.07, 6.45) is 2.89. The Morgan fingerprint density at radius 2 is 1.87 bits per heavy atom. The summed E-state index contributed by atoms with van der Waals surface area (Å²) < 4.78 is 1.76. The van der Waals surface area contributed by atoms with E-state index in [2.05, 4.69) is 20.8 Å². The van der Waals surface area contributed by atoms with Gasteiger partial charge in [0.15, 0.2) is 11.5 Å². The summed E-state index contributed by atoms with van der Waals surface area (Å²) in [4.78, 5) is 38.5. The van der Waals surface area contributed by atoms with E-state index in [4.69, 9.17) is 0 Å². The number of rotatable bonds is 7. The molecule has 4 rings (SSSR count). The number of imide groups is 1. The van der Waals surface area contributed by atoms with Gasteiger partial charge in [0.2, 0.25) is 5.91 Å². The fourth-order valence-electron chi connectivity index (χ4n) is 3.49. The maximum absolute atomic E-state index is 12.8. The summed E-state index contributed by atoms with van der Waals surface area (Å²) >= 11 is 0. The van der Waals surface area contributed by atoms with Crippen LogP contribution in [-0.4, -0.2) is 49.4 Å². The quantitative estimate of drug-likeness (QED) is 0.575. The van der Waals surface area contributed by atoms with E-state index >= 15 is 0 Å². The molecule has 1 aliphatic heterocycles. The minimum Gasteiger partial charge on any atom is -0.347 e. The standard InChI is InChI=1S/C21H22N6O3/c1-21(11-10-15-7-3-2-4-8-15)19(29)27(20(30)23-21)14-18(28)22-13-17-25-24-16-9-5-6-12-26(16)17/h2-9,12H,10-11,13-14H2,1H3,(H,22,28)(H,23,30). The van der Waals surface area contributed by atoms with Crippen molar-refractivity contribution in [2.24, 2.45) is 0 Å². The Balaban J connectivity index is 1.35. The van der Waals surface area contributed by atoms with E-state index in [9.17, 15) is 14.4 Å². The van der Waals surface area contributed by atoms with Gasteiger partial charge in [-0.25, -0.2) is 4.79 Å². The maximum atomic E-state index is 12.8. The van der Waals surface area contributed by atoms with E-state index in [1.54, 1.807) is 17.5 Å². The highest BCUT2D eigenvalue weighted by molar-refractivity contribution is 6.08. The third kappa shape index (κ3) is 3.86. The van der Waals surface area contributed by atoms with Gasteiger partial charge in [0.25, 0.3) is 5.91 Å². The number of carbonyl (C=O) groups is 3. The number of carbonyl (C=O) groups excluding carboxylic acids is 3. The highest BCUT2D eigenvalue weighted by Crippen LogP contribution is 2.23. The minimum atomic E-state index is -1.03. The van der Waals surface area contributed by atoms with Crippen LogP contribution >= 0.6 is 0 Å². The second-order valence-electron chi connectivity index (χ2n) is 7.46.